The van der Waals surface area contributed by atoms with Crippen LogP contribution >= 0.6 is 0 Å². The lowest BCUT2D eigenvalue weighted by Gasteiger charge is -2.37. The van der Waals surface area contributed by atoms with E-state index in [9.17, 15) is 9.90 Å². The molecule has 0 spiro atoms. The number of hydrogen-bond acceptors (Lipinski definition) is 3. The van der Waals surface area contributed by atoms with Crippen LogP contribution in [0.1, 0.15) is 57.8 Å². The van der Waals surface area contributed by atoms with Gasteiger partial charge in [0, 0.05) is 37.7 Å². The van der Waals surface area contributed by atoms with E-state index in [1.54, 1.807) is 0 Å². The van der Waals surface area contributed by atoms with Gasteiger partial charge in [0.25, 0.3) is 0 Å². The Kier molecular flexibility index (Phi) is 4.61. The third kappa shape index (κ3) is 3.17. The molecule has 2 N–H and O–H groups in total. The lowest BCUT2D eigenvalue weighted by Crippen LogP contribution is -2.46. The minimum absolute atomic E-state index is 0.200. The van der Waals surface area contributed by atoms with Gasteiger partial charge in [-0.1, -0.05) is 0 Å². The second-order valence-corrected chi connectivity index (χ2v) is 6.93. The average Bonchev–Trinajstić information content (AvgIpc) is 2.79. The van der Waals surface area contributed by atoms with Crippen molar-refractivity contribution in [2.45, 2.75) is 75.9 Å². The van der Waals surface area contributed by atoms with Crippen molar-refractivity contribution < 1.29 is 9.90 Å². The first-order valence-corrected chi connectivity index (χ1v) is 8.42. The molecule has 0 radical (unpaired) electrons. The summed E-state index contributed by atoms with van der Waals surface area (Å²) in [5.74, 6) is 0.924. The summed E-state index contributed by atoms with van der Waals surface area (Å²) >= 11 is 0. The summed E-state index contributed by atoms with van der Waals surface area (Å²) in [6, 6.07) is 1.63. The molecular weight excluding hydrogens is 252 g/mol. The topological polar surface area (TPSA) is 52.6 Å². The van der Waals surface area contributed by atoms with Crippen molar-refractivity contribution in [2.75, 3.05) is 13.2 Å². The number of carbonyl (C=O) groups is 1. The van der Waals surface area contributed by atoms with Gasteiger partial charge in [0.2, 0.25) is 5.91 Å². The Balaban J connectivity index is 1.54. The number of likely N-dealkylation sites (tertiary alicyclic amines) is 1. The summed E-state index contributed by atoms with van der Waals surface area (Å²) in [5.41, 5.74) is 0. The number of amides is 1. The number of aliphatic hydroxyl groups excluding tert-OH is 1. The van der Waals surface area contributed by atoms with E-state index < -0.39 is 0 Å². The third-order valence-electron chi connectivity index (χ3n) is 5.44. The van der Waals surface area contributed by atoms with Gasteiger partial charge < -0.3 is 15.3 Å². The van der Waals surface area contributed by atoms with Gasteiger partial charge in [-0.2, -0.15) is 0 Å². The van der Waals surface area contributed by atoms with Crippen molar-refractivity contribution in [3.05, 3.63) is 0 Å². The SMILES string of the molecule is O=C(CC1CC2CCC(C1)N2)N1CCCCC1CCO. The van der Waals surface area contributed by atoms with Crippen molar-refractivity contribution in [1.82, 2.24) is 10.2 Å². The maximum atomic E-state index is 12.6. The fourth-order valence-corrected chi connectivity index (χ4v) is 4.48. The van der Waals surface area contributed by atoms with Crippen LogP contribution in [0.4, 0.5) is 0 Å². The number of rotatable bonds is 4. The van der Waals surface area contributed by atoms with Crippen LogP contribution in [0.15, 0.2) is 0 Å². The minimum atomic E-state index is 0.200. The van der Waals surface area contributed by atoms with Gasteiger partial charge >= 0.3 is 0 Å². The molecule has 3 aliphatic heterocycles. The maximum Gasteiger partial charge on any atom is 0.223 e. The van der Waals surface area contributed by atoms with Crippen molar-refractivity contribution in [1.29, 1.82) is 0 Å². The molecular formula is C16H28N2O2. The standard InChI is InChI=1S/C16H28N2O2/c19-8-6-15-3-1-2-7-18(15)16(20)11-12-9-13-4-5-14(10-12)17-13/h12-15,17,19H,1-11H2. The lowest BCUT2D eigenvalue weighted by atomic mass is 9.88. The quantitative estimate of drug-likeness (QED) is 0.823. The molecule has 114 valence electrons. The third-order valence-corrected chi connectivity index (χ3v) is 5.44. The van der Waals surface area contributed by atoms with E-state index in [2.05, 4.69) is 10.2 Å². The molecule has 4 nitrogen and oxygen atoms in total. The first-order chi connectivity index (χ1) is 9.76. The Morgan fingerprint density at radius 1 is 1.15 bits per heavy atom. The van der Waals surface area contributed by atoms with Gasteiger partial charge in [-0.3, -0.25) is 4.79 Å². The first kappa shape index (κ1) is 14.3. The molecule has 0 aromatic rings. The van der Waals surface area contributed by atoms with Crippen LogP contribution in [-0.4, -0.2) is 47.2 Å². The number of aliphatic hydroxyl groups is 1. The van der Waals surface area contributed by atoms with E-state index in [1.807, 2.05) is 0 Å². The van der Waals surface area contributed by atoms with Crippen molar-refractivity contribution >= 4 is 5.91 Å². The number of hydrogen-bond donors (Lipinski definition) is 2. The molecule has 3 heterocycles. The predicted molar refractivity (Wildman–Crippen MR) is 78.3 cm³/mol. The second kappa shape index (κ2) is 6.44. The van der Waals surface area contributed by atoms with Crippen molar-refractivity contribution in [2.24, 2.45) is 5.92 Å². The van der Waals surface area contributed by atoms with Crippen LogP contribution < -0.4 is 5.32 Å². The Morgan fingerprint density at radius 2 is 1.90 bits per heavy atom. The molecule has 0 saturated carbocycles. The van der Waals surface area contributed by atoms with Crippen LogP contribution in [0.25, 0.3) is 0 Å². The molecule has 4 heteroatoms. The van der Waals surface area contributed by atoms with Gasteiger partial charge in [-0.15, -0.1) is 0 Å². The largest absolute Gasteiger partial charge is 0.396 e. The lowest BCUT2D eigenvalue weighted by molar-refractivity contribution is -0.136. The molecule has 3 saturated heterocycles. The number of nitrogens with one attached hydrogen (secondary N) is 1. The fourth-order valence-electron chi connectivity index (χ4n) is 4.48. The summed E-state index contributed by atoms with van der Waals surface area (Å²) in [7, 11) is 0. The Morgan fingerprint density at radius 3 is 2.60 bits per heavy atom. The van der Waals surface area contributed by atoms with Crippen LogP contribution in [0.3, 0.4) is 0 Å². The van der Waals surface area contributed by atoms with E-state index in [1.165, 1.54) is 32.1 Å². The molecule has 1 amide bonds. The van der Waals surface area contributed by atoms with Crippen LogP contribution in [0.5, 0.6) is 0 Å². The highest BCUT2D eigenvalue weighted by molar-refractivity contribution is 5.77. The van der Waals surface area contributed by atoms with E-state index in [4.69, 9.17) is 0 Å². The molecule has 0 aromatic carbocycles. The first-order valence-electron chi connectivity index (χ1n) is 8.42. The monoisotopic (exact) mass is 280 g/mol. The van der Waals surface area contributed by atoms with Crippen molar-refractivity contribution in [3.63, 3.8) is 0 Å². The summed E-state index contributed by atoms with van der Waals surface area (Å²) in [5, 5.41) is 12.8. The van der Waals surface area contributed by atoms with E-state index >= 15 is 0 Å². The van der Waals surface area contributed by atoms with E-state index in [0.717, 1.165) is 32.2 Å². The number of fused-ring (bicyclic) bond motifs is 2. The summed E-state index contributed by atoms with van der Waals surface area (Å²) < 4.78 is 0. The molecule has 3 rings (SSSR count). The maximum absolute atomic E-state index is 12.6. The number of piperidine rings is 2. The summed E-state index contributed by atoms with van der Waals surface area (Å²) in [4.78, 5) is 14.7. The van der Waals surface area contributed by atoms with Crippen molar-refractivity contribution in [3.8, 4) is 0 Å². The molecule has 3 unspecified atom stereocenters. The Hall–Kier alpha value is -0.610. The predicted octanol–water partition coefficient (Wildman–Crippen LogP) is 1.67. The number of nitrogens with zero attached hydrogens (tertiary/aromatic N) is 1. The van der Waals surface area contributed by atoms with Gasteiger partial charge in [-0.25, -0.2) is 0 Å². The fraction of sp³-hybridized carbons (Fsp3) is 0.938. The van der Waals surface area contributed by atoms with E-state index in [0.29, 0.717) is 30.0 Å². The summed E-state index contributed by atoms with van der Waals surface area (Å²) in [6.07, 6.45) is 9.85. The summed E-state index contributed by atoms with van der Waals surface area (Å²) in [6.45, 7) is 1.10. The van der Waals surface area contributed by atoms with Crippen LogP contribution in [0.2, 0.25) is 0 Å². The highest BCUT2D eigenvalue weighted by Crippen LogP contribution is 2.33. The Bertz CT molecular complexity index is 333. The van der Waals surface area contributed by atoms with Gasteiger partial charge in [0.05, 0.1) is 0 Å². The van der Waals surface area contributed by atoms with Gasteiger partial charge in [0.1, 0.15) is 0 Å². The normalized spacial score (nSPS) is 37.1. The zero-order chi connectivity index (χ0) is 13.9. The average molecular weight is 280 g/mol. The number of carbonyl (C=O) groups excluding carboxylic acids is 1. The van der Waals surface area contributed by atoms with Crippen LogP contribution in [0, 0.1) is 5.92 Å². The molecule has 3 fully saturated rings. The zero-order valence-corrected chi connectivity index (χ0v) is 12.4. The molecule has 3 aliphatic rings. The Labute approximate surface area is 121 Å². The highest BCUT2D eigenvalue weighted by atomic mass is 16.3. The second-order valence-electron chi connectivity index (χ2n) is 6.93. The van der Waals surface area contributed by atoms with Gasteiger partial charge in [-0.05, 0) is 57.3 Å². The minimum Gasteiger partial charge on any atom is -0.396 e. The zero-order valence-electron chi connectivity index (χ0n) is 12.4. The van der Waals surface area contributed by atoms with Crippen LogP contribution in [-0.2, 0) is 4.79 Å². The van der Waals surface area contributed by atoms with E-state index in [-0.39, 0.29) is 6.61 Å². The molecule has 0 aliphatic carbocycles. The molecule has 3 atom stereocenters. The molecule has 2 bridgehead atoms. The highest BCUT2D eigenvalue weighted by Gasteiger charge is 2.35. The van der Waals surface area contributed by atoms with Gasteiger partial charge in [0.15, 0.2) is 0 Å². The molecule has 20 heavy (non-hydrogen) atoms. The smallest absolute Gasteiger partial charge is 0.223 e. The molecule has 0 aromatic heterocycles.